The summed E-state index contributed by atoms with van der Waals surface area (Å²) in [6.45, 7) is 3.22. The van der Waals surface area contributed by atoms with Crippen molar-refractivity contribution in [3.05, 3.63) is 57.0 Å². The second-order valence-corrected chi connectivity index (χ2v) is 4.29. The van der Waals surface area contributed by atoms with E-state index in [0.717, 1.165) is 6.07 Å². The van der Waals surface area contributed by atoms with E-state index in [4.69, 9.17) is 5.26 Å². The molecule has 1 N–H and O–H groups in total. The molecule has 1 aromatic heterocycles. The average molecular weight is 260 g/mol. The van der Waals surface area contributed by atoms with E-state index in [0.29, 0.717) is 11.3 Å². The van der Waals surface area contributed by atoms with Gasteiger partial charge in [-0.2, -0.15) is 5.26 Å². The van der Waals surface area contributed by atoms with Crippen LogP contribution in [-0.4, -0.2) is 4.98 Å². The summed E-state index contributed by atoms with van der Waals surface area (Å²) in [4.78, 5) is 14.1. The molecule has 0 bridgehead atoms. The summed E-state index contributed by atoms with van der Waals surface area (Å²) >= 11 is 0. The summed E-state index contributed by atoms with van der Waals surface area (Å²) in [5, 5.41) is 8.99. The van der Waals surface area contributed by atoms with E-state index in [1.54, 1.807) is 19.9 Å². The number of nitrogens with one attached hydrogen (secondary N) is 1. The first-order valence-electron chi connectivity index (χ1n) is 5.54. The van der Waals surface area contributed by atoms with Crippen molar-refractivity contribution in [2.75, 3.05) is 0 Å². The van der Waals surface area contributed by atoms with Crippen LogP contribution in [0.25, 0.3) is 11.1 Å². The molecule has 0 saturated heterocycles. The minimum atomic E-state index is -1.06. The Hall–Kier alpha value is -2.48. The Morgan fingerprint density at radius 3 is 2.47 bits per heavy atom. The van der Waals surface area contributed by atoms with Gasteiger partial charge in [0.25, 0.3) is 5.56 Å². The monoisotopic (exact) mass is 260 g/mol. The molecule has 1 aromatic carbocycles. The lowest BCUT2D eigenvalue weighted by Crippen LogP contribution is -2.13. The third-order valence-electron chi connectivity index (χ3n) is 2.74. The van der Waals surface area contributed by atoms with Gasteiger partial charge in [0.15, 0.2) is 11.6 Å². The number of nitriles is 1. The minimum absolute atomic E-state index is 0.0803. The number of aryl methyl sites for hydroxylation is 2. The third kappa shape index (κ3) is 2.25. The summed E-state index contributed by atoms with van der Waals surface area (Å²) in [7, 11) is 0. The molecule has 0 unspecified atom stereocenters. The standard InChI is InChI=1S/C14H10F2N2O/c1-7-3-10(13(16)12(15)4-7)9-5-8(2)18-14(19)11(9)6-17/h3-5H,1-2H3,(H,18,19). The van der Waals surface area contributed by atoms with Crippen molar-refractivity contribution in [1.29, 1.82) is 5.26 Å². The normalized spacial score (nSPS) is 10.3. The number of aromatic amines is 1. The lowest BCUT2D eigenvalue weighted by Gasteiger charge is -2.08. The van der Waals surface area contributed by atoms with Crippen LogP contribution in [0.2, 0.25) is 0 Å². The topological polar surface area (TPSA) is 56.6 Å². The average Bonchev–Trinajstić information content (AvgIpc) is 2.33. The zero-order chi connectivity index (χ0) is 14.2. The van der Waals surface area contributed by atoms with E-state index in [2.05, 4.69) is 4.98 Å². The molecular weight excluding hydrogens is 250 g/mol. The summed E-state index contributed by atoms with van der Waals surface area (Å²) in [6, 6.07) is 5.65. The van der Waals surface area contributed by atoms with E-state index in [9.17, 15) is 13.6 Å². The van der Waals surface area contributed by atoms with Crippen molar-refractivity contribution in [3.8, 4) is 17.2 Å². The summed E-state index contributed by atoms with van der Waals surface area (Å²) < 4.78 is 27.3. The molecule has 96 valence electrons. The zero-order valence-electron chi connectivity index (χ0n) is 10.3. The molecule has 2 rings (SSSR count). The molecule has 0 spiro atoms. The highest BCUT2D eigenvalue weighted by atomic mass is 19.2. The van der Waals surface area contributed by atoms with Crippen molar-refractivity contribution >= 4 is 0 Å². The molecular formula is C14H10F2N2O. The number of hydrogen-bond acceptors (Lipinski definition) is 2. The maximum Gasteiger partial charge on any atom is 0.266 e. The van der Waals surface area contributed by atoms with E-state index in [1.807, 2.05) is 0 Å². The lowest BCUT2D eigenvalue weighted by atomic mass is 9.98. The van der Waals surface area contributed by atoms with Crippen LogP contribution in [-0.2, 0) is 0 Å². The van der Waals surface area contributed by atoms with Gasteiger partial charge in [-0.25, -0.2) is 8.78 Å². The van der Waals surface area contributed by atoms with Crippen molar-refractivity contribution in [1.82, 2.24) is 4.98 Å². The largest absolute Gasteiger partial charge is 0.325 e. The molecule has 3 nitrogen and oxygen atoms in total. The molecule has 0 aliphatic carbocycles. The van der Waals surface area contributed by atoms with Gasteiger partial charge >= 0.3 is 0 Å². The second kappa shape index (κ2) is 4.65. The first kappa shape index (κ1) is 13.0. The fourth-order valence-corrected chi connectivity index (χ4v) is 1.93. The van der Waals surface area contributed by atoms with Gasteiger partial charge in [0.2, 0.25) is 0 Å². The molecule has 0 amide bonds. The molecule has 0 radical (unpaired) electrons. The highest BCUT2D eigenvalue weighted by molar-refractivity contribution is 5.71. The Kier molecular flexibility index (Phi) is 3.17. The molecule has 0 aliphatic rings. The first-order valence-corrected chi connectivity index (χ1v) is 5.54. The predicted molar refractivity (Wildman–Crippen MR) is 66.6 cm³/mol. The number of aromatic nitrogens is 1. The number of benzene rings is 1. The Bertz CT molecular complexity index is 757. The molecule has 1 heterocycles. The van der Waals surface area contributed by atoms with Gasteiger partial charge in [0.1, 0.15) is 11.6 Å². The van der Waals surface area contributed by atoms with E-state index < -0.39 is 17.2 Å². The SMILES string of the molecule is Cc1cc(F)c(F)c(-c2cc(C)[nH]c(=O)c2C#N)c1. The van der Waals surface area contributed by atoms with Crippen LogP contribution in [0, 0.1) is 36.8 Å². The quantitative estimate of drug-likeness (QED) is 0.857. The van der Waals surface area contributed by atoms with Crippen LogP contribution in [0.5, 0.6) is 0 Å². The van der Waals surface area contributed by atoms with Crippen LogP contribution in [0.4, 0.5) is 8.78 Å². The van der Waals surface area contributed by atoms with Gasteiger partial charge in [0.05, 0.1) is 0 Å². The number of halogens is 2. The van der Waals surface area contributed by atoms with Gasteiger partial charge in [-0.3, -0.25) is 4.79 Å². The third-order valence-corrected chi connectivity index (χ3v) is 2.74. The van der Waals surface area contributed by atoms with Crippen molar-refractivity contribution in [2.45, 2.75) is 13.8 Å². The predicted octanol–water partition coefficient (Wildman–Crippen LogP) is 2.81. The van der Waals surface area contributed by atoms with Gasteiger partial charge in [0, 0.05) is 16.8 Å². The van der Waals surface area contributed by atoms with Gasteiger partial charge in [-0.05, 0) is 37.6 Å². The second-order valence-electron chi connectivity index (χ2n) is 4.29. The molecule has 0 atom stereocenters. The summed E-state index contributed by atoms with van der Waals surface area (Å²) in [5.74, 6) is -2.07. The Labute approximate surface area is 108 Å². The van der Waals surface area contributed by atoms with Crippen LogP contribution in [0.3, 0.4) is 0 Å². The highest BCUT2D eigenvalue weighted by Crippen LogP contribution is 2.27. The number of H-pyrrole nitrogens is 1. The fourth-order valence-electron chi connectivity index (χ4n) is 1.93. The van der Waals surface area contributed by atoms with Crippen molar-refractivity contribution in [2.24, 2.45) is 0 Å². The van der Waals surface area contributed by atoms with Crippen LogP contribution >= 0.6 is 0 Å². The van der Waals surface area contributed by atoms with Gasteiger partial charge < -0.3 is 4.98 Å². The molecule has 0 fully saturated rings. The summed E-state index contributed by atoms with van der Waals surface area (Å²) in [6.07, 6.45) is 0. The molecule has 0 aliphatic heterocycles. The Morgan fingerprint density at radius 2 is 1.84 bits per heavy atom. The molecule has 0 saturated carbocycles. The fraction of sp³-hybridized carbons (Fsp3) is 0.143. The maximum atomic E-state index is 13.9. The number of hydrogen-bond donors (Lipinski definition) is 1. The summed E-state index contributed by atoms with van der Waals surface area (Å²) in [5.41, 5.74) is 0.163. The molecule has 5 heteroatoms. The maximum absolute atomic E-state index is 13.9. The van der Waals surface area contributed by atoms with E-state index in [-0.39, 0.29) is 16.7 Å². The molecule has 2 aromatic rings. The zero-order valence-corrected chi connectivity index (χ0v) is 10.3. The number of rotatable bonds is 1. The molecule has 19 heavy (non-hydrogen) atoms. The Balaban J connectivity index is 2.87. The Morgan fingerprint density at radius 1 is 1.16 bits per heavy atom. The van der Waals surface area contributed by atoms with E-state index >= 15 is 0 Å². The number of nitrogens with zero attached hydrogens (tertiary/aromatic N) is 1. The minimum Gasteiger partial charge on any atom is -0.325 e. The van der Waals surface area contributed by atoms with Gasteiger partial charge in [-0.1, -0.05) is 0 Å². The van der Waals surface area contributed by atoms with Crippen LogP contribution < -0.4 is 5.56 Å². The van der Waals surface area contributed by atoms with Crippen molar-refractivity contribution < 1.29 is 8.78 Å². The lowest BCUT2D eigenvalue weighted by molar-refractivity contribution is 0.510. The van der Waals surface area contributed by atoms with Crippen LogP contribution in [0.1, 0.15) is 16.8 Å². The number of pyridine rings is 1. The van der Waals surface area contributed by atoms with E-state index in [1.165, 1.54) is 12.1 Å². The van der Waals surface area contributed by atoms with Crippen LogP contribution in [0.15, 0.2) is 23.0 Å². The highest BCUT2D eigenvalue weighted by Gasteiger charge is 2.17. The van der Waals surface area contributed by atoms with Crippen molar-refractivity contribution in [3.63, 3.8) is 0 Å². The smallest absolute Gasteiger partial charge is 0.266 e. The van der Waals surface area contributed by atoms with Gasteiger partial charge in [-0.15, -0.1) is 0 Å². The first-order chi connectivity index (χ1) is 8.93.